The molecule has 0 spiro atoms. The minimum atomic E-state index is 0. The second-order valence-corrected chi connectivity index (χ2v) is 7.31. The van der Waals surface area contributed by atoms with Gasteiger partial charge in [0.25, 0.3) is 0 Å². The molecule has 2 aliphatic heterocycles. The van der Waals surface area contributed by atoms with Crippen LogP contribution in [-0.2, 0) is 0 Å². The Balaban J connectivity index is 0.00000338. The second kappa shape index (κ2) is 14.9. The van der Waals surface area contributed by atoms with Crippen molar-refractivity contribution in [2.45, 2.75) is 39.0 Å². The molecule has 2 N–H and O–H groups in total. The van der Waals surface area contributed by atoms with Gasteiger partial charge in [0.05, 0.1) is 0 Å². The number of likely N-dealkylation sites (tertiary alicyclic amines) is 1. The van der Waals surface area contributed by atoms with E-state index in [1.54, 1.807) is 0 Å². The van der Waals surface area contributed by atoms with Gasteiger partial charge in [0, 0.05) is 52.9 Å². The van der Waals surface area contributed by atoms with Crippen LogP contribution in [0, 0.1) is 0 Å². The van der Waals surface area contributed by atoms with E-state index in [1.807, 2.05) is 7.05 Å². The molecule has 2 rings (SSSR count). The number of piperidine rings is 1. The van der Waals surface area contributed by atoms with E-state index in [9.17, 15) is 0 Å². The Morgan fingerprint density at radius 2 is 1.38 bits per heavy atom. The quantitative estimate of drug-likeness (QED) is 0.228. The van der Waals surface area contributed by atoms with Crippen molar-refractivity contribution in [3.05, 3.63) is 0 Å². The third kappa shape index (κ3) is 9.71. The summed E-state index contributed by atoms with van der Waals surface area (Å²) in [7, 11) is 1.86. The maximum absolute atomic E-state index is 4.34. The number of nitrogens with one attached hydrogen (secondary N) is 2. The SMILES string of the molecule is CCN1CCN(CCCCNC(=NC)NCCN2CCCCC2)CC1.I. The number of aliphatic imine (C=N–C) groups is 1. The molecule has 2 saturated heterocycles. The van der Waals surface area contributed by atoms with Crippen molar-refractivity contribution in [2.75, 3.05) is 79.0 Å². The first-order valence-corrected chi connectivity index (χ1v) is 10.4. The number of piperazine rings is 1. The Bertz CT molecular complexity index is 365. The fourth-order valence-corrected chi connectivity index (χ4v) is 3.73. The third-order valence-electron chi connectivity index (χ3n) is 5.50. The van der Waals surface area contributed by atoms with Gasteiger partial charge in [-0.05, 0) is 51.9 Å². The number of unbranched alkanes of at least 4 members (excludes halogenated alkanes) is 1. The molecule has 0 aromatic rings. The molecule has 2 heterocycles. The Kier molecular flexibility index (Phi) is 13.7. The first-order valence-electron chi connectivity index (χ1n) is 10.4. The van der Waals surface area contributed by atoms with Crippen molar-refractivity contribution >= 4 is 29.9 Å². The van der Waals surface area contributed by atoms with Gasteiger partial charge in [0.1, 0.15) is 0 Å². The van der Waals surface area contributed by atoms with Gasteiger partial charge in [-0.3, -0.25) is 4.99 Å². The maximum Gasteiger partial charge on any atom is 0.191 e. The van der Waals surface area contributed by atoms with Crippen molar-refractivity contribution in [1.82, 2.24) is 25.3 Å². The maximum atomic E-state index is 4.34. The molecule has 0 aromatic heterocycles. The zero-order valence-corrected chi connectivity index (χ0v) is 19.3. The predicted molar refractivity (Wildman–Crippen MR) is 123 cm³/mol. The topological polar surface area (TPSA) is 46.1 Å². The van der Waals surface area contributed by atoms with Gasteiger partial charge in [-0.2, -0.15) is 0 Å². The van der Waals surface area contributed by atoms with Crippen LogP contribution in [0.5, 0.6) is 0 Å². The Labute approximate surface area is 178 Å². The van der Waals surface area contributed by atoms with Crippen LogP contribution < -0.4 is 10.6 Å². The highest BCUT2D eigenvalue weighted by Crippen LogP contribution is 2.07. The summed E-state index contributed by atoms with van der Waals surface area (Å²) in [4.78, 5) is 12.0. The smallest absolute Gasteiger partial charge is 0.191 e. The first-order chi connectivity index (χ1) is 12.3. The molecule has 0 amide bonds. The monoisotopic (exact) mass is 480 g/mol. The largest absolute Gasteiger partial charge is 0.356 e. The molecule has 2 fully saturated rings. The number of hydrogen-bond donors (Lipinski definition) is 2. The minimum Gasteiger partial charge on any atom is -0.356 e. The molecule has 0 bridgehead atoms. The number of rotatable bonds is 9. The zero-order valence-electron chi connectivity index (χ0n) is 17.0. The fraction of sp³-hybridized carbons (Fsp3) is 0.947. The van der Waals surface area contributed by atoms with Crippen LogP contribution in [0.2, 0.25) is 0 Å². The lowest BCUT2D eigenvalue weighted by atomic mass is 10.1. The van der Waals surface area contributed by atoms with Gasteiger partial charge in [0.15, 0.2) is 5.96 Å². The van der Waals surface area contributed by atoms with Crippen molar-refractivity contribution < 1.29 is 0 Å². The van der Waals surface area contributed by atoms with Crippen LogP contribution in [0.25, 0.3) is 0 Å². The molecule has 2 aliphatic rings. The molecule has 0 saturated carbocycles. The van der Waals surface area contributed by atoms with Crippen LogP contribution in [0.1, 0.15) is 39.0 Å². The Morgan fingerprint density at radius 3 is 2.04 bits per heavy atom. The lowest BCUT2D eigenvalue weighted by Crippen LogP contribution is -2.46. The molecule has 7 heteroatoms. The highest BCUT2D eigenvalue weighted by Gasteiger charge is 2.14. The highest BCUT2D eigenvalue weighted by molar-refractivity contribution is 14.0. The normalized spacial score (nSPS) is 20.6. The summed E-state index contributed by atoms with van der Waals surface area (Å²) in [6.45, 7) is 15.3. The molecule has 0 aliphatic carbocycles. The highest BCUT2D eigenvalue weighted by atomic mass is 127. The van der Waals surface area contributed by atoms with Gasteiger partial charge in [-0.15, -0.1) is 24.0 Å². The molecule has 154 valence electrons. The summed E-state index contributed by atoms with van der Waals surface area (Å²) in [5, 5.41) is 6.90. The second-order valence-electron chi connectivity index (χ2n) is 7.31. The Hall–Kier alpha value is -0.120. The predicted octanol–water partition coefficient (Wildman–Crippen LogP) is 1.67. The average Bonchev–Trinajstić information content (AvgIpc) is 2.67. The minimum absolute atomic E-state index is 0. The number of hydrogen-bond acceptors (Lipinski definition) is 4. The van der Waals surface area contributed by atoms with E-state index in [0.717, 1.165) is 25.6 Å². The molecule has 0 atom stereocenters. The van der Waals surface area contributed by atoms with Crippen LogP contribution in [0.4, 0.5) is 0 Å². The van der Waals surface area contributed by atoms with Gasteiger partial charge >= 0.3 is 0 Å². The summed E-state index contributed by atoms with van der Waals surface area (Å²) in [6, 6.07) is 0. The van der Waals surface area contributed by atoms with E-state index in [1.165, 1.54) is 84.5 Å². The van der Waals surface area contributed by atoms with E-state index >= 15 is 0 Å². The number of nitrogens with zero attached hydrogens (tertiary/aromatic N) is 4. The fourth-order valence-electron chi connectivity index (χ4n) is 3.73. The van der Waals surface area contributed by atoms with Gasteiger partial charge in [-0.1, -0.05) is 13.3 Å². The molecule has 0 aromatic carbocycles. The van der Waals surface area contributed by atoms with Gasteiger partial charge < -0.3 is 25.3 Å². The molecule has 26 heavy (non-hydrogen) atoms. The zero-order chi connectivity index (χ0) is 17.7. The molecule has 0 radical (unpaired) electrons. The van der Waals surface area contributed by atoms with E-state index in [4.69, 9.17) is 0 Å². The van der Waals surface area contributed by atoms with Crippen molar-refractivity contribution in [2.24, 2.45) is 4.99 Å². The summed E-state index contributed by atoms with van der Waals surface area (Å²) >= 11 is 0. The Morgan fingerprint density at radius 1 is 0.769 bits per heavy atom. The standard InChI is InChI=1S/C19H40N6.HI/c1-3-23-15-17-25(18-16-23)13-8-5-9-21-19(20-2)22-10-14-24-11-6-4-7-12-24;/h3-18H2,1-2H3,(H2,20,21,22);1H. The summed E-state index contributed by atoms with van der Waals surface area (Å²) in [5.74, 6) is 0.952. The van der Waals surface area contributed by atoms with Crippen LogP contribution in [0.3, 0.4) is 0 Å². The average molecular weight is 480 g/mol. The first kappa shape index (κ1) is 23.9. The molecular weight excluding hydrogens is 439 g/mol. The van der Waals surface area contributed by atoms with Gasteiger partial charge in [-0.25, -0.2) is 0 Å². The van der Waals surface area contributed by atoms with Crippen LogP contribution in [-0.4, -0.2) is 99.7 Å². The lowest BCUT2D eigenvalue weighted by molar-refractivity contribution is 0.136. The van der Waals surface area contributed by atoms with E-state index in [2.05, 4.69) is 37.2 Å². The van der Waals surface area contributed by atoms with E-state index in [-0.39, 0.29) is 24.0 Å². The molecule has 6 nitrogen and oxygen atoms in total. The summed E-state index contributed by atoms with van der Waals surface area (Å²) in [6.07, 6.45) is 6.60. The number of likely N-dealkylation sites (N-methyl/N-ethyl adjacent to an activating group) is 1. The third-order valence-corrected chi connectivity index (χ3v) is 5.50. The van der Waals surface area contributed by atoms with Crippen molar-refractivity contribution in [3.8, 4) is 0 Å². The van der Waals surface area contributed by atoms with Crippen molar-refractivity contribution in [1.29, 1.82) is 0 Å². The van der Waals surface area contributed by atoms with E-state index < -0.39 is 0 Å². The van der Waals surface area contributed by atoms with E-state index in [0.29, 0.717) is 0 Å². The van der Waals surface area contributed by atoms with Crippen LogP contribution in [0.15, 0.2) is 4.99 Å². The number of guanidine groups is 1. The van der Waals surface area contributed by atoms with Crippen molar-refractivity contribution in [3.63, 3.8) is 0 Å². The number of halogens is 1. The molecule has 0 unspecified atom stereocenters. The van der Waals surface area contributed by atoms with Crippen LogP contribution >= 0.6 is 24.0 Å². The molecular formula is C19H41IN6. The lowest BCUT2D eigenvalue weighted by Gasteiger charge is -2.34. The summed E-state index contributed by atoms with van der Waals surface area (Å²) < 4.78 is 0. The summed E-state index contributed by atoms with van der Waals surface area (Å²) in [5.41, 5.74) is 0. The van der Waals surface area contributed by atoms with Gasteiger partial charge in [0.2, 0.25) is 0 Å².